The molecule has 1 fully saturated rings. The van der Waals surface area contributed by atoms with E-state index in [4.69, 9.17) is 5.73 Å². The lowest BCUT2D eigenvalue weighted by molar-refractivity contribution is -0.129. The molecule has 0 aromatic carbocycles. The molecule has 0 aliphatic heterocycles. The average molecular weight is 277 g/mol. The van der Waals surface area contributed by atoms with E-state index in [0.717, 1.165) is 36.3 Å². The summed E-state index contributed by atoms with van der Waals surface area (Å²) in [7, 11) is 0. The number of rotatable bonds is 4. The SMILES string of the molecule is NCC1(C(=O)Cc2cn3ccsc3n2)CCCCC1. The van der Waals surface area contributed by atoms with E-state index in [1.54, 1.807) is 11.3 Å². The lowest BCUT2D eigenvalue weighted by Gasteiger charge is -2.34. The zero-order valence-corrected chi connectivity index (χ0v) is 11.8. The number of ketones is 1. The van der Waals surface area contributed by atoms with Crippen LogP contribution < -0.4 is 5.73 Å². The monoisotopic (exact) mass is 277 g/mol. The number of carbonyl (C=O) groups is 1. The van der Waals surface area contributed by atoms with Gasteiger partial charge in [0.2, 0.25) is 0 Å². The van der Waals surface area contributed by atoms with Gasteiger partial charge in [-0.05, 0) is 12.8 Å². The summed E-state index contributed by atoms with van der Waals surface area (Å²) in [6, 6.07) is 0. The minimum absolute atomic E-state index is 0.278. The molecule has 1 saturated carbocycles. The first kappa shape index (κ1) is 12.8. The second kappa shape index (κ2) is 5.06. The Morgan fingerprint density at radius 1 is 1.42 bits per heavy atom. The molecule has 102 valence electrons. The molecule has 0 unspecified atom stereocenters. The number of nitrogens with two attached hydrogens (primary N) is 1. The Hall–Kier alpha value is -1.20. The quantitative estimate of drug-likeness (QED) is 0.933. The van der Waals surface area contributed by atoms with Crippen LogP contribution in [0.15, 0.2) is 17.8 Å². The van der Waals surface area contributed by atoms with Gasteiger partial charge < -0.3 is 5.73 Å². The van der Waals surface area contributed by atoms with Crippen molar-refractivity contribution in [3.8, 4) is 0 Å². The van der Waals surface area contributed by atoms with Crippen LogP contribution in [-0.4, -0.2) is 21.7 Å². The first-order valence-corrected chi connectivity index (χ1v) is 7.76. The van der Waals surface area contributed by atoms with E-state index < -0.39 is 0 Å². The van der Waals surface area contributed by atoms with Crippen LogP contribution in [0, 0.1) is 5.41 Å². The highest BCUT2D eigenvalue weighted by atomic mass is 32.1. The van der Waals surface area contributed by atoms with E-state index in [9.17, 15) is 4.79 Å². The van der Waals surface area contributed by atoms with Crippen molar-refractivity contribution in [3.63, 3.8) is 0 Å². The van der Waals surface area contributed by atoms with Crippen LogP contribution in [0.4, 0.5) is 0 Å². The number of thiazole rings is 1. The Bertz CT molecular complexity index is 552. The number of nitrogens with zero attached hydrogens (tertiary/aromatic N) is 2. The summed E-state index contributed by atoms with van der Waals surface area (Å²) in [5.41, 5.74) is 6.49. The molecule has 0 atom stereocenters. The molecule has 0 radical (unpaired) electrons. The molecule has 0 saturated heterocycles. The molecule has 0 amide bonds. The molecule has 2 heterocycles. The maximum atomic E-state index is 12.6. The topological polar surface area (TPSA) is 60.4 Å². The third-order valence-corrected chi connectivity index (χ3v) is 5.05. The molecule has 5 heteroatoms. The lowest BCUT2D eigenvalue weighted by Crippen LogP contribution is -2.41. The van der Waals surface area contributed by atoms with Crippen molar-refractivity contribution in [1.29, 1.82) is 0 Å². The van der Waals surface area contributed by atoms with Crippen molar-refractivity contribution in [2.24, 2.45) is 11.1 Å². The second-order valence-corrected chi connectivity index (χ2v) is 6.34. The van der Waals surface area contributed by atoms with Gasteiger partial charge in [0.05, 0.1) is 12.1 Å². The van der Waals surface area contributed by atoms with Crippen molar-refractivity contribution in [3.05, 3.63) is 23.5 Å². The Morgan fingerprint density at radius 3 is 2.89 bits per heavy atom. The van der Waals surface area contributed by atoms with Gasteiger partial charge in [0, 0.05) is 29.7 Å². The van der Waals surface area contributed by atoms with Gasteiger partial charge in [-0.25, -0.2) is 4.98 Å². The number of hydrogen-bond acceptors (Lipinski definition) is 4. The van der Waals surface area contributed by atoms with Gasteiger partial charge >= 0.3 is 0 Å². The van der Waals surface area contributed by atoms with Crippen molar-refractivity contribution in [2.75, 3.05) is 6.54 Å². The minimum atomic E-state index is -0.282. The molecule has 0 spiro atoms. The van der Waals surface area contributed by atoms with Gasteiger partial charge in [-0.2, -0.15) is 0 Å². The molecule has 19 heavy (non-hydrogen) atoms. The fourth-order valence-corrected chi connectivity index (χ4v) is 3.76. The smallest absolute Gasteiger partial charge is 0.193 e. The average Bonchev–Trinajstić information content (AvgIpc) is 3.00. The molecule has 2 aromatic rings. The molecule has 0 bridgehead atoms. The van der Waals surface area contributed by atoms with E-state index in [1.165, 1.54) is 6.42 Å². The Balaban J connectivity index is 1.77. The first-order valence-electron chi connectivity index (χ1n) is 6.88. The molecule has 2 aromatic heterocycles. The fraction of sp³-hybridized carbons (Fsp3) is 0.571. The van der Waals surface area contributed by atoms with Gasteiger partial charge in [-0.3, -0.25) is 9.20 Å². The highest BCUT2D eigenvalue weighted by Gasteiger charge is 2.37. The summed E-state index contributed by atoms with van der Waals surface area (Å²) in [6.07, 6.45) is 9.73. The van der Waals surface area contributed by atoms with E-state index in [2.05, 4.69) is 4.98 Å². The van der Waals surface area contributed by atoms with Crippen LogP contribution >= 0.6 is 11.3 Å². The minimum Gasteiger partial charge on any atom is -0.329 e. The van der Waals surface area contributed by atoms with Crippen LogP contribution in [0.1, 0.15) is 37.8 Å². The predicted octanol–water partition coefficient (Wildman–Crippen LogP) is 2.42. The summed E-state index contributed by atoms with van der Waals surface area (Å²) >= 11 is 1.59. The summed E-state index contributed by atoms with van der Waals surface area (Å²) in [6.45, 7) is 0.480. The highest BCUT2D eigenvalue weighted by molar-refractivity contribution is 7.15. The molecule has 1 aliphatic rings. The first-order chi connectivity index (χ1) is 9.23. The maximum absolute atomic E-state index is 12.6. The number of fused-ring (bicyclic) bond motifs is 1. The summed E-state index contributed by atoms with van der Waals surface area (Å²) < 4.78 is 1.98. The molecule has 3 rings (SSSR count). The Morgan fingerprint density at radius 2 is 2.21 bits per heavy atom. The molecular formula is C14H19N3OS. The standard InChI is InChI=1S/C14H19N3OS/c15-10-14(4-2-1-3-5-14)12(18)8-11-9-17-6-7-19-13(17)16-11/h6-7,9H,1-5,8,10,15H2. The van der Waals surface area contributed by atoms with Gasteiger partial charge in [-0.15, -0.1) is 11.3 Å². The molecule has 4 nitrogen and oxygen atoms in total. The van der Waals surface area contributed by atoms with Gasteiger partial charge in [0.1, 0.15) is 5.78 Å². The third kappa shape index (κ3) is 2.32. The van der Waals surface area contributed by atoms with Gasteiger partial charge in [0.25, 0.3) is 0 Å². The normalized spacial score (nSPS) is 18.8. The van der Waals surface area contributed by atoms with Crippen molar-refractivity contribution in [1.82, 2.24) is 9.38 Å². The number of Topliss-reactive ketones (excluding diaryl/α,β-unsaturated/α-hetero) is 1. The van der Waals surface area contributed by atoms with Gasteiger partial charge in [-0.1, -0.05) is 19.3 Å². The van der Waals surface area contributed by atoms with E-state index in [0.29, 0.717) is 13.0 Å². The van der Waals surface area contributed by atoms with Crippen LogP contribution in [0.5, 0.6) is 0 Å². The largest absolute Gasteiger partial charge is 0.329 e. The summed E-state index contributed by atoms with van der Waals surface area (Å²) in [5.74, 6) is 0.278. The predicted molar refractivity (Wildman–Crippen MR) is 76.4 cm³/mol. The lowest BCUT2D eigenvalue weighted by atomic mass is 9.70. The third-order valence-electron chi connectivity index (χ3n) is 4.28. The Kier molecular flexibility index (Phi) is 3.41. The molecular weight excluding hydrogens is 258 g/mol. The van der Waals surface area contributed by atoms with E-state index in [-0.39, 0.29) is 11.2 Å². The Labute approximate surface area is 116 Å². The molecule has 1 aliphatic carbocycles. The maximum Gasteiger partial charge on any atom is 0.193 e. The van der Waals surface area contributed by atoms with Crippen LogP contribution in [0.3, 0.4) is 0 Å². The van der Waals surface area contributed by atoms with Crippen molar-refractivity contribution < 1.29 is 4.79 Å². The summed E-state index contributed by atoms with van der Waals surface area (Å²) in [5, 5.41) is 2.00. The zero-order chi connectivity index (χ0) is 13.3. The number of carbonyl (C=O) groups excluding carboxylic acids is 1. The van der Waals surface area contributed by atoms with E-state index in [1.807, 2.05) is 22.2 Å². The van der Waals surface area contributed by atoms with Crippen molar-refractivity contribution in [2.45, 2.75) is 38.5 Å². The van der Waals surface area contributed by atoms with Crippen LogP contribution in [-0.2, 0) is 11.2 Å². The number of aromatic nitrogens is 2. The van der Waals surface area contributed by atoms with E-state index >= 15 is 0 Å². The number of imidazole rings is 1. The zero-order valence-electron chi connectivity index (χ0n) is 11.0. The fourth-order valence-electron chi connectivity index (χ4n) is 3.04. The molecule has 2 N–H and O–H groups in total. The van der Waals surface area contributed by atoms with Gasteiger partial charge in [0.15, 0.2) is 4.96 Å². The highest BCUT2D eigenvalue weighted by Crippen LogP contribution is 2.37. The summed E-state index contributed by atoms with van der Waals surface area (Å²) in [4.78, 5) is 18.0. The number of hydrogen-bond donors (Lipinski definition) is 1. The van der Waals surface area contributed by atoms with Crippen molar-refractivity contribution >= 4 is 22.1 Å². The van der Waals surface area contributed by atoms with Crippen LogP contribution in [0.2, 0.25) is 0 Å². The van der Waals surface area contributed by atoms with Crippen LogP contribution in [0.25, 0.3) is 4.96 Å². The second-order valence-electron chi connectivity index (χ2n) is 5.47.